The van der Waals surface area contributed by atoms with Gasteiger partial charge in [-0.05, 0) is 151 Å². The van der Waals surface area contributed by atoms with Gasteiger partial charge in [0.15, 0.2) is 34.9 Å². The first kappa shape index (κ1) is 107. The van der Waals surface area contributed by atoms with Crippen molar-refractivity contribution in [3.8, 4) is 5.75 Å². The molecule has 0 fully saturated rings. The second kappa shape index (κ2) is 63.2. The zero-order valence-corrected chi connectivity index (χ0v) is 71.8. The molecule has 0 bridgehead atoms. The maximum atomic E-state index is 14.9. The number of thioether (sulfide) groups is 2. The number of unbranched alkanes of at least 4 members (excludes halogenated alkanes) is 14. The van der Waals surface area contributed by atoms with Crippen molar-refractivity contribution in [2.75, 3.05) is 56.8 Å². The van der Waals surface area contributed by atoms with E-state index in [1.54, 1.807) is 32.2 Å². The molecule has 1 rings (SSSR count). The molecule has 0 spiro atoms. The number of Topliss-reactive ketones (excluding diaryl/α,β-unsaturated/α-hetero) is 6. The summed E-state index contributed by atoms with van der Waals surface area (Å²) >= 11 is 2.82. The fraction of sp³-hybridized carbons (Fsp3) is 0.735. The van der Waals surface area contributed by atoms with E-state index in [0.717, 1.165) is 25.7 Å². The van der Waals surface area contributed by atoms with Gasteiger partial charge in [0.05, 0.1) is 61.7 Å². The summed E-state index contributed by atoms with van der Waals surface area (Å²) in [5.74, 6) is -18.7. The van der Waals surface area contributed by atoms with E-state index in [-0.39, 0.29) is 107 Å². The summed E-state index contributed by atoms with van der Waals surface area (Å²) in [6, 6.07) is -1.25. The third kappa shape index (κ3) is 48.7. The molecule has 1 aromatic carbocycles. The van der Waals surface area contributed by atoms with Gasteiger partial charge in [-0.15, -0.1) is 0 Å². The van der Waals surface area contributed by atoms with Gasteiger partial charge in [0.1, 0.15) is 17.6 Å². The standard InChI is InChI=1S/C83H141N13O19S2/c1-7-8-9-10-11-12-13-14-15-16-17-18-19-26-62(100)44-57(35-40-116-5)77(110)91-51-63(101)45-59(43-55-29-31-61(99)32-30-55)80(113)94-67(33-34-74(86)106)70(102)46-56(25-20-22-37-84)78(111)92-65(27-21-23-38-85)71(103)47-58(42-53(2)3)79(112)93-66(28-24-39-90-83(88)89)72(104)48-60(52-97)81(114)95-68(36-41-117-6)73(105)49-64(54(4)98)82(115)96-69(76(87)109)50-75(107)108/h29-32,53-54,56-60,64-69,97-99H,7-28,33-52,84-85H2,1-6H3,(H2,86,106)(H2,87,109)(H,91,110)(H,92,111)(H,93,112)(H,94,113)(H,95,114)(H,96,115)(H,107,108)(H4,88,89,90)/t54-,56-,57-,58+,59-,60+,64+,65+,66+,67+,68+,69+/m1/s1. The number of ketones is 6. The quantitative estimate of drug-likeness (QED) is 0.0235. The number of guanidine groups is 1. The number of aliphatic hydroxyl groups excluding tert-OH is 2. The van der Waals surface area contributed by atoms with E-state index in [2.05, 4.69) is 43.8 Å². The second-order valence-corrected chi connectivity index (χ2v) is 33.3. The predicted molar refractivity (Wildman–Crippen MR) is 453 cm³/mol. The molecule has 117 heavy (non-hydrogen) atoms. The van der Waals surface area contributed by atoms with Crippen LogP contribution in [0.1, 0.15) is 252 Å². The number of amides is 8. The number of phenolic OH excluding ortho intramolecular Hbond substituents is 1. The lowest BCUT2D eigenvalue weighted by atomic mass is 9.87. The molecule has 0 radical (unpaired) electrons. The molecule has 34 heteroatoms. The first-order valence-electron chi connectivity index (χ1n) is 41.9. The van der Waals surface area contributed by atoms with Gasteiger partial charge < -0.3 is 86.7 Å². The Morgan fingerprint density at radius 1 is 0.453 bits per heavy atom. The maximum absolute atomic E-state index is 14.9. The van der Waals surface area contributed by atoms with Crippen molar-refractivity contribution in [3.05, 3.63) is 29.8 Å². The number of carbonyl (C=O) groups excluding carboxylic acids is 14. The summed E-state index contributed by atoms with van der Waals surface area (Å²) in [4.78, 5) is 210. The number of nitrogens with one attached hydrogen (secondary N) is 6. The van der Waals surface area contributed by atoms with Crippen LogP contribution in [0.4, 0.5) is 0 Å². The molecule has 0 aliphatic carbocycles. The minimum atomic E-state index is -1.69. The Labute approximate surface area is 700 Å². The Hall–Kier alpha value is -7.92. The minimum absolute atomic E-state index is 0.0157. The minimum Gasteiger partial charge on any atom is -0.508 e. The number of aliphatic hydroxyl groups is 2. The van der Waals surface area contributed by atoms with Crippen LogP contribution in [0.2, 0.25) is 0 Å². The largest absolute Gasteiger partial charge is 0.508 e. The maximum Gasteiger partial charge on any atom is 0.305 e. The summed E-state index contributed by atoms with van der Waals surface area (Å²) < 4.78 is 0. The summed E-state index contributed by atoms with van der Waals surface area (Å²) in [6.07, 6.45) is 15.0. The predicted octanol–water partition coefficient (Wildman–Crippen LogP) is 4.87. The number of hydrogen-bond donors (Lipinski definition) is 16. The SMILES string of the molecule is CCCCCCCCCCCCCCCC(=O)C[C@@H](CCSC)C(=O)NCC(=O)C[C@@H](Cc1ccc(O)cc1)C(=O)N[C@@H](CCC(N)=O)C(=O)C[C@@H](CCCCN)C(=O)N[C@@H](CCCCN)C(=O)C[C@H](CC(C)C)C(=O)N[C@@H](CCCN=C(N)N)C(=O)C[C@@H](CO)C(=O)N[C@@H](CCSC)C(=O)C[C@H](C(=O)N[C@@H](CC(=O)O)C(N)=O)[C@@H](C)O. The van der Waals surface area contributed by atoms with Crippen molar-refractivity contribution in [3.63, 3.8) is 0 Å². The molecule has 12 atom stereocenters. The fourth-order valence-electron chi connectivity index (χ4n) is 13.7. The summed E-state index contributed by atoms with van der Waals surface area (Å²) in [7, 11) is 0. The van der Waals surface area contributed by atoms with E-state index in [4.69, 9.17) is 34.4 Å². The first-order chi connectivity index (χ1) is 55.6. The van der Waals surface area contributed by atoms with E-state index in [0.29, 0.717) is 49.8 Å². The van der Waals surface area contributed by atoms with Crippen LogP contribution in [0.25, 0.3) is 0 Å². The van der Waals surface area contributed by atoms with Crippen LogP contribution in [0.3, 0.4) is 0 Å². The highest BCUT2D eigenvalue weighted by Crippen LogP contribution is 2.26. The van der Waals surface area contributed by atoms with Gasteiger partial charge in [-0.2, -0.15) is 23.5 Å². The molecule has 0 saturated heterocycles. The van der Waals surface area contributed by atoms with Gasteiger partial charge in [0.25, 0.3) is 0 Å². The van der Waals surface area contributed by atoms with Crippen molar-refractivity contribution in [1.29, 1.82) is 0 Å². The number of nitrogens with zero attached hydrogens (tertiary/aromatic N) is 1. The number of aliphatic imine (C=N–C) groups is 1. The van der Waals surface area contributed by atoms with E-state index in [1.165, 1.54) is 100 Å². The smallest absolute Gasteiger partial charge is 0.305 e. The van der Waals surface area contributed by atoms with E-state index >= 15 is 0 Å². The lowest BCUT2D eigenvalue weighted by Crippen LogP contribution is -2.51. The number of phenols is 1. The number of aliphatic carboxylic acids is 1. The second-order valence-electron chi connectivity index (χ2n) is 31.3. The highest BCUT2D eigenvalue weighted by Gasteiger charge is 2.38. The molecule has 1 aromatic rings. The number of nitrogens with two attached hydrogens (primary N) is 6. The molecular weight excluding hydrogens is 1550 g/mol. The van der Waals surface area contributed by atoms with Gasteiger partial charge in [0, 0.05) is 81.6 Å². The van der Waals surface area contributed by atoms with Gasteiger partial charge in [-0.25, -0.2) is 0 Å². The number of hydrogen-bond acceptors (Lipinski definition) is 23. The molecular formula is C83H141N13O19S2. The zero-order valence-electron chi connectivity index (χ0n) is 70.2. The highest BCUT2D eigenvalue weighted by atomic mass is 32.2. The van der Waals surface area contributed by atoms with Crippen molar-refractivity contribution in [2.45, 2.75) is 289 Å². The van der Waals surface area contributed by atoms with E-state index in [9.17, 15) is 92.3 Å². The van der Waals surface area contributed by atoms with Crippen molar-refractivity contribution < 1.29 is 92.3 Å². The molecule has 0 unspecified atom stereocenters. The Bertz CT molecular complexity index is 3250. The van der Waals surface area contributed by atoms with Gasteiger partial charge in [0.2, 0.25) is 47.3 Å². The average molecular weight is 1690 g/mol. The fourth-order valence-corrected chi connectivity index (χ4v) is 14.7. The summed E-state index contributed by atoms with van der Waals surface area (Å²) in [6.45, 7) is 5.98. The van der Waals surface area contributed by atoms with Gasteiger partial charge >= 0.3 is 5.97 Å². The van der Waals surface area contributed by atoms with Crippen molar-refractivity contribution >= 4 is 117 Å². The van der Waals surface area contributed by atoms with Crippen LogP contribution < -0.4 is 66.3 Å². The molecule has 664 valence electrons. The number of benzene rings is 1. The van der Waals surface area contributed by atoms with Crippen LogP contribution >= 0.6 is 23.5 Å². The highest BCUT2D eigenvalue weighted by molar-refractivity contribution is 7.98. The molecule has 0 aliphatic heterocycles. The Morgan fingerprint density at radius 2 is 0.897 bits per heavy atom. The lowest BCUT2D eigenvalue weighted by molar-refractivity contribution is -0.141. The monoisotopic (exact) mass is 1690 g/mol. The zero-order chi connectivity index (χ0) is 87.8. The van der Waals surface area contributed by atoms with Crippen LogP contribution in [-0.4, -0.2) is 207 Å². The number of carboxylic acids is 1. The van der Waals surface area contributed by atoms with E-state index < -0.39 is 212 Å². The molecule has 0 aromatic heterocycles. The van der Waals surface area contributed by atoms with Crippen LogP contribution in [0, 0.1) is 41.4 Å². The Kier molecular flexibility index (Phi) is 57.8. The molecule has 22 N–H and O–H groups in total. The normalized spacial score (nSPS) is 14.4. The molecule has 8 amide bonds. The summed E-state index contributed by atoms with van der Waals surface area (Å²) in [5, 5.41) is 56.3. The lowest BCUT2D eigenvalue weighted by Gasteiger charge is -2.27. The Balaban J connectivity index is 3.60. The van der Waals surface area contributed by atoms with Crippen LogP contribution in [0.15, 0.2) is 29.3 Å². The number of rotatable bonds is 73. The summed E-state index contributed by atoms with van der Waals surface area (Å²) in [5.41, 5.74) is 34.4. The van der Waals surface area contributed by atoms with Crippen LogP contribution in [0.5, 0.6) is 5.75 Å². The molecule has 0 heterocycles. The van der Waals surface area contributed by atoms with Crippen molar-refractivity contribution in [1.82, 2.24) is 31.9 Å². The van der Waals surface area contributed by atoms with E-state index in [1.807, 2.05) is 6.26 Å². The number of aromatic hydroxyl groups is 1. The first-order valence-corrected chi connectivity index (χ1v) is 44.7. The number of primary amides is 2. The molecule has 0 saturated carbocycles. The molecule has 32 nitrogen and oxygen atoms in total. The van der Waals surface area contributed by atoms with Crippen LogP contribution in [-0.2, 0) is 78.3 Å². The van der Waals surface area contributed by atoms with Gasteiger partial charge in [-0.3, -0.25) is 76.9 Å². The third-order valence-corrected chi connectivity index (χ3v) is 21.9. The third-order valence-electron chi connectivity index (χ3n) is 20.6. The topological polar surface area (TPSA) is 578 Å². The Morgan fingerprint density at radius 3 is 1.39 bits per heavy atom. The number of carbonyl (C=O) groups is 15. The molecule has 0 aliphatic rings. The average Bonchev–Trinajstić information content (AvgIpc) is 0.860. The van der Waals surface area contributed by atoms with Gasteiger partial charge in [-0.1, -0.05) is 116 Å². The van der Waals surface area contributed by atoms with Crippen molar-refractivity contribution in [2.24, 2.45) is 80.8 Å². The number of carboxylic acid groups (broad SMARTS) is 1.